The quantitative estimate of drug-likeness (QED) is 0.438. The van der Waals surface area contributed by atoms with E-state index in [1.807, 2.05) is 43.3 Å². The molecule has 0 fully saturated rings. The van der Waals surface area contributed by atoms with Gasteiger partial charge in [-0.15, -0.1) is 0 Å². The van der Waals surface area contributed by atoms with Crippen LogP contribution in [0.15, 0.2) is 60.7 Å². The molecule has 0 bridgehead atoms. The Morgan fingerprint density at radius 1 is 0.960 bits per heavy atom. The van der Waals surface area contributed by atoms with Crippen LogP contribution in [0.4, 0.5) is 0 Å². The molecular weight excluding hydrogens is 316 g/mol. The Balaban J connectivity index is 1.81. The number of carbonyl (C=O) groups excluding carboxylic acids is 2. The highest BCUT2D eigenvalue weighted by molar-refractivity contribution is 5.86. The van der Waals surface area contributed by atoms with Crippen molar-refractivity contribution >= 4 is 11.9 Å². The van der Waals surface area contributed by atoms with E-state index in [0.717, 1.165) is 16.7 Å². The summed E-state index contributed by atoms with van der Waals surface area (Å²) in [6.07, 6.45) is 0.825. The van der Waals surface area contributed by atoms with E-state index in [1.54, 1.807) is 19.1 Å². The lowest BCUT2D eigenvalue weighted by Gasteiger charge is -2.07. The van der Waals surface area contributed by atoms with E-state index in [0.29, 0.717) is 24.4 Å². The number of hydrogen-bond acceptors (Lipinski definition) is 4. The van der Waals surface area contributed by atoms with Crippen molar-refractivity contribution in [3.05, 3.63) is 77.4 Å². The number of benzene rings is 2. The van der Waals surface area contributed by atoms with Crippen molar-refractivity contribution < 1.29 is 19.1 Å². The van der Waals surface area contributed by atoms with Gasteiger partial charge in [0, 0.05) is 12.0 Å². The standard InChI is InChI=1S/C21H22O4/c1-15(2)21(23)24-13-12-17-6-8-18(9-7-17)14-20(22)25-19-10-4-16(3)5-11-19/h4-11H,1,12-14H2,2-3H3. The normalized spacial score (nSPS) is 10.2. The van der Waals surface area contributed by atoms with Crippen LogP contribution in [0.5, 0.6) is 5.75 Å². The van der Waals surface area contributed by atoms with Gasteiger partial charge < -0.3 is 9.47 Å². The molecule has 2 rings (SSSR count). The SMILES string of the molecule is C=C(C)C(=O)OCCc1ccc(CC(=O)Oc2ccc(C)cc2)cc1. The number of esters is 2. The van der Waals surface area contributed by atoms with E-state index < -0.39 is 0 Å². The van der Waals surface area contributed by atoms with Crippen molar-refractivity contribution in [1.29, 1.82) is 0 Å². The minimum absolute atomic E-state index is 0.207. The van der Waals surface area contributed by atoms with Crippen LogP contribution < -0.4 is 4.74 Å². The summed E-state index contributed by atoms with van der Waals surface area (Å²) in [4.78, 5) is 23.3. The topological polar surface area (TPSA) is 52.6 Å². The van der Waals surface area contributed by atoms with E-state index in [9.17, 15) is 9.59 Å². The van der Waals surface area contributed by atoms with Gasteiger partial charge >= 0.3 is 11.9 Å². The van der Waals surface area contributed by atoms with Gasteiger partial charge in [-0.05, 0) is 37.1 Å². The van der Waals surface area contributed by atoms with Crippen molar-refractivity contribution in [3.8, 4) is 5.75 Å². The van der Waals surface area contributed by atoms with E-state index in [-0.39, 0.29) is 18.4 Å². The van der Waals surface area contributed by atoms with E-state index >= 15 is 0 Å². The summed E-state index contributed by atoms with van der Waals surface area (Å²) >= 11 is 0. The van der Waals surface area contributed by atoms with E-state index in [4.69, 9.17) is 9.47 Å². The first-order chi connectivity index (χ1) is 11.9. The molecule has 0 saturated heterocycles. The second-order valence-electron chi connectivity index (χ2n) is 5.95. The second kappa shape index (κ2) is 8.83. The molecule has 0 spiro atoms. The minimum atomic E-state index is -0.379. The van der Waals surface area contributed by atoms with Crippen LogP contribution in [0.25, 0.3) is 0 Å². The maximum absolute atomic E-state index is 12.0. The van der Waals surface area contributed by atoms with Crippen LogP contribution in [-0.4, -0.2) is 18.5 Å². The van der Waals surface area contributed by atoms with Gasteiger partial charge in [0.25, 0.3) is 0 Å². The first-order valence-electron chi connectivity index (χ1n) is 8.12. The van der Waals surface area contributed by atoms with Crippen LogP contribution in [-0.2, 0) is 27.2 Å². The minimum Gasteiger partial charge on any atom is -0.462 e. The Hall–Kier alpha value is -2.88. The smallest absolute Gasteiger partial charge is 0.333 e. The van der Waals surface area contributed by atoms with Gasteiger partial charge in [0.05, 0.1) is 13.0 Å². The number of carbonyl (C=O) groups is 2. The molecule has 4 nitrogen and oxygen atoms in total. The average molecular weight is 338 g/mol. The average Bonchev–Trinajstić information content (AvgIpc) is 2.58. The lowest BCUT2D eigenvalue weighted by molar-refractivity contribution is -0.139. The molecule has 0 heterocycles. The lowest BCUT2D eigenvalue weighted by Crippen LogP contribution is -2.11. The summed E-state index contributed by atoms with van der Waals surface area (Å²) in [5, 5.41) is 0. The molecular formula is C21H22O4. The Bertz CT molecular complexity index is 742. The highest BCUT2D eigenvalue weighted by Crippen LogP contribution is 2.13. The van der Waals surface area contributed by atoms with Crippen molar-refractivity contribution in [1.82, 2.24) is 0 Å². The third-order valence-corrected chi connectivity index (χ3v) is 3.60. The van der Waals surface area contributed by atoms with Crippen molar-refractivity contribution in [3.63, 3.8) is 0 Å². The van der Waals surface area contributed by atoms with Crippen LogP contribution in [0.3, 0.4) is 0 Å². The molecule has 0 atom stereocenters. The summed E-state index contributed by atoms with van der Waals surface area (Å²) in [6.45, 7) is 7.44. The molecule has 0 aliphatic rings. The van der Waals surface area contributed by atoms with Gasteiger partial charge in [0.2, 0.25) is 0 Å². The fraction of sp³-hybridized carbons (Fsp3) is 0.238. The molecule has 4 heteroatoms. The summed E-state index contributed by atoms with van der Waals surface area (Å²) < 4.78 is 10.4. The molecule has 2 aromatic rings. The molecule has 0 unspecified atom stereocenters. The lowest BCUT2D eigenvalue weighted by atomic mass is 10.1. The summed E-state index contributed by atoms with van der Waals surface area (Å²) in [6, 6.07) is 15.0. The molecule has 0 radical (unpaired) electrons. The zero-order valence-electron chi connectivity index (χ0n) is 14.6. The van der Waals surface area contributed by atoms with Crippen LogP contribution in [0, 0.1) is 6.92 Å². The molecule has 25 heavy (non-hydrogen) atoms. The third-order valence-electron chi connectivity index (χ3n) is 3.60. The van der Waals surface area contributed by atoms with Gasteiger partial charge in [-0.3, -0.25) is 4.79 Å². The highest BCUT2D eigenvalue weighted by Gasteiger charge is 2.07. The number of ether oxygens (including phenoxy) is 2. The highest BCUT2D eigenvalue weighted by atomic mass is 16.5. The third kappa shape index (κ3) is 6.26. The number of hydrogen-bond donors (Lipinski definition) is 0. The maximum atomic E-state index is 12.0. The Labute approximate surface area is 148 Å². The molecule has 2 aromatic carbocycles. The molecule has 130 valence electrons. The zero-order chi connectivity index (χ0) is 18.2. The fourth-order valence-corrected chi connectivity index (χ4v) is 2.15. The van der Waals surface area contributed by atoms with Crippen LogP contribution >= 0.6 is 0 Å². The molecule has 0 N–H and O–H groups in total. The Morgan fingerprint density at radius 3 is 2.16 bits per heavy atom. The predicted molar refractivity (Wildman–Crippen MR) is 96.4 cm³/mol. The molecule has 0 aliphatic carbocycles. The number of aryl methyl sites for hydroxylation is 1. The fourth-order valence-electron chi connectivity index (χ4n) is 2.15. The van der Waals surface area contributed by atoms with Gasteiger partial charge in [-0.1, -0.05) is 48.5 Å². The van der Waals surface area contributed by atoms with Crippen molar-refractivity contribution in [2.24, 2.45) is 0 Å². The Kier molecular flexibility index (Phi) is 6.52. The van der Waals surface area contributed by atoms with Gasteiger partial charge in [-0.25, -0.2) is 4.79 Å². The molecule has 0 aliphatic heterocycles. The monoisotopic (exact) mass is 338 g/mol. The summed E-state index contributed by atoms with van der Waals surface area (Å²) in [7, 11) is 0. The zero-order valence-corrected chi connectivity index (χ0v) is 14.6. The summed E-state index contributed by atoms with van der Waals surface area (Å²) in [5.41, 5.74) is 3.41. The number of rotatable bonds is 7. The second-order valence-corrected chi connectivity index (χ2v) is 5.95. The predicted octanol–water partition coefficient (Wildman–Crippen LogP) is 3.80. The van der Waals surface area contributed by atoms with E-state index in [1.165, 1.54) is 0 Å². The Morgan fingerprint density at radius 2 is 1.56 bits per heavy atom. The van der Waals surface area contributed by atoms with E-state index in [2.05, 4.69) is 6.58 Å². The first kappa shape index (κ1) is 18.5. The molecule has 0 saturated carbocycles. The first-order valence-corrected chi connectivity index (χ1v) is 8.12. The van der Waals surface area contributed by atoms with Gasteiger partial charge in [0.15, 0.2) is 0 Å². The van der Waals surface area contributed by atoms with Crippen molar-refractivity contribution in [2.75, 3.05) is 6.61 Å². The van der Waals surface area contributed by atoms with Crippen molar-refractivity contribution in [2.45, 2.75) is 26.7 Å². The van der Waals surface area contributed by atoms with Gasteiger partial charge in [-0.2, -0.15) is 0 Å². The van der Waals surface area contributed by atoms with Crippen LogP contribution in [0.2, 0.25) is 0 Å². The maximum Gasteiger partial charge on any atom is 0.333 e. The molecule has 0 amide bonds. The molecule has 0 aromatic heterocycles. The summed E-state index contributed by atoms with van der Waals surface area (Å²) in [5.74, 6) is -0.131. The van der Waals surface area contributed by atoms with Gasteiger partial charge in [0.1, 0.15) is 5.75 Å². The van der Waals surface area contributed by atoms with Crippen LogP contribution in [0.1, 0.15) is 23.6 Å². The largest absolute Gasteiger partial charge is 0.462 e.